The van der Waals surface area contributed by atoms with Gasteiger partial charge in [-0.2, -0.15) is 0 Å². The molecular formula is C11H14O2. The maximum atomic E-state index is 5.44. The van der Waals surface area contributed by atoms with Gasteiger partial charge in [-0.25, -0.2) is 0 Å². The number of rotatable bonds is 1. The summed E-state index contributed by atoms with van der Waals surface area (Å²) >= 11 is 0. The summed E-state index contributed by atoms with van der Waals surface area (Å²) < 4.78 is 10.9. The topological polar surface area (TPSA) is 18.5 Å². The van der Waals surface area contributed by atoms with Crippen molar-refractivity contribution in [1.82, 2.24) is 0 Å². The van der Waals surface area contributed by atoms with Crippen LogP contribution >= 0.6 is 0 Å². The predicted molar refractivity (Wildman–Crippen MR) is 50.6 cm³/mol. The van der Waals surface area contributed by atoms with Gasteiger partial charge < -0.3 is 9.47 Å². The molecule has 0 aromatic heterocycles. The van der Waals surface area contributed by atoms with Crippen molar-refractivity contribution in [3.05, 3.63) is 34.9 Å². The summed E-state index contributed by atoms with van der Waals surface area (Å²) in [6, 6.07) is 6.33. The Morgan fingerprint density at radius 3 is 2.46 bits per heavy atom. The first-order valence-electron chi connectivity index (χ1n) is 4.58. The first-order chi connectivity index (χ1) is 6.27. The lowest BCUT2D eigenvalue weighted by Gasteiger charge is -2.12. The van der Waals surface area contributed by atoms with E-state index in [2.05, 4.69) is 32.0 Å². The highest BCUT2D eigenvalue weighted by atomic mass is 16.7. The fraction of sp³-hybridized carbons (Fsp3) is 0.455. The van der Waals surface area contributed by atoms with Gasteiger partial charge in [0, 0.05) is 5.56 Å². The summed E-state index contributed by atoms with van der Waals surface area (Å²) in [5.41, 5.74) is 3.68. The molecule has 1 aromatic carbocycles. The minimum absolute atomic E-state index is 0.138. The minimum atomic E-state index is -0.138. The van der Waals surface area contributed by atoms with Crippen LogP contribution in [0.2, 0.25) is 0 Å². The van der Waals surface area contributed by atoms with Crippen LogP contribution in [0.15, 0.2) is 18.2 Å². The molecule has 2 rings (SSSR count). The Kier molecular flexibility index (Phi) is 2.34. The van der Waals surface area contributed by atoms with Gasteiger partial charge in [0.2, 0.25) is 0 Å². The third kappa shape index (κ3) is 1.74. The van der Waals surface area contributed by atoms with Gasteiger partial charge in [0.15, 0.2) is 6.29 Å². The van der Waals surface area contributed by atoms with Gasteiger partial charge in [-0.15, -0.1) is 0 Å². The van der Waals surface area contributed by atoms with Crippen molar-refractivity contribution in [2.24, 2.45) is 0 Å². The van der Waals surface area contributed by atoms with E-state index in [1.54, 1.807) is 0 Å². The lowest BCUT2D eigenvalue weighted by atomic mass is 10.1. The van der Waals surface area contributed by atoms with Crippen molar-refractivity contribution in [3.8, 4) is 0 Å². The van der Waals surface area contributed by atoms with Gasteiger partial charge >= 0.3 is 0 Å². The van der Waals surface area contributed by atoms with Crippen molar-refractivity contribution in [2.75, 3.05) is 13.2 Å². The maximum absolute atomic E-state index is 5.44. The summed E-state index contributed by atoms with van der Waals surface area (Å²) in [6.45, 7) is 5.59. The van der Waals surface area contributed by atoms with Crippen LogP contribution < -0.4 is 0 Å². The predicted octanol–water partition coefficient (Wildman–Crippen LogP) is 2.35. The molecule has 13 heavy (non-hydrogen) atoms. The zero-order valence-corrected chi connectivity index (χ0v) is 8.04. The monoisotopic (exact) mass is 178 g/mol. The normalized spacial score (nSPS) is 18.0. The van der Waals surface area contributed by atoms with Crippen LogP contribution in [-0.4, -0.2) is 13.2 Å². The van der Waals surface area contributed by atoms with E-state index in [9.17, 15) is 0 Å². The largest absolute Gasteiger partial charge is 0.346 e. The Morgan fingerprint density at radius 1 is 1.15 bits per heavy atom. The summed E-state index contributed by atoms with van der Waals surface area (Å²) in [4.78, 5) is 0. The summed E-state index contributed by atoms with van der Waals surface area (Å²) in [5.74, 6) is 0. The third-order valence-electron chi connectivity index (χ3n) is 2.30. The molecule has 2 heteroatoms. The van der Waals surface area contributed by atoms with E-state index in [4.69, 9.17) is 9.47 Å². The van der Waals surface area contributed by atoms with E-state index in [-0.39, 0.29) is 6.29 Å². The number of hydrogen-bond acceptors (Lipinski definition) is 2. The van der Waals surface area contributed by atoms with Crippen LogP contribution in [0.5, 0.6) is 0 Å². The summed E-state index contributed by atoms with van der Waals surface area (Å²) in [5, 5.41) is 0. The molecule has 0 atom stereocenters. The Bertz CT molecular complexity index is 301. The molecule has 0 aliphatic carbocycles. The van der Waals surface area contributed by atoms with Crippen molar-refractivity contribution in [1.29, 1.82) is 0 Å². The fourth-order valence-corrected chi connectivity index (χ4v) is 1.63. The van der Waals surface area contributed by atoms with Gasteiger partial charge in [0.1, 0.15) is 0 Å². The van der Waals surface area contributed by atoms with E-state index in [0.717, 1.165) is 5.56 Å². The molecule has 2 nitrogen and oxygen atoms in total. The second-order valence-electron chi connectivity index (χ2n) is 3.43. The number of aryl methyl sites for hydroxylation is 2. The second kappa shape index (κ2) is 3.48. The Balaban J connectivity index is 2.29. The molecule has 0 N–H and O–H groups in total. The van der Waals surface area contributed by atoms with E-state index < -0.39 is 0 Å². The standard InChI is InChI=1S/C11H14O2/c1-8-3-4-10(9(2)7-8)11-12-5-6-13-11/h3-4,7,11H,5-6H2,1-2H3. The first kappa shape index (κ1) is 8.73. The molecule has 0 amide bonds. The molecule has 0 spiro atoms. The van der Waals surface area contributed by atoms with Gasteiger partial charge in [-0.05, 0) is 19.4 Å². The Hall–Kier alpha value is -0.860. The molecule has 1 heterocycles. The molecule has 0 unspecified atom stereocenters. The zero-order valence-electron chi connectivity index (χ0n) is 8.04. The van der Waals surface area contributed by atoms with Crippen molar-refractivity contribution in [2.45, 2.75) is 20.1 Å². The van der Waals surface area contributed by atoms with E-state index in [1.807, 2.05) is 0 Å². The highest BCUT2D eigenvalue weighted by molar-refractivity contribution is 5.31. The molecule has 0 radical (unpaired) electrons. The summed E-state index contributed by atoms with van der Waals surface area (Å²) in [6.07, 6.45) is -0.138. The molecule has 0 saturated carbocycles. The lowest BCUT2D eigenvalue weighted by molar-refractivity contribution is -0.0445. The SMILES string of the molecule is Cc1ccc(C2OCCO2)c(C)c1. The zero-order chi connectivity index (χ0) is 9.26. The molecule has 70 valence electrons. The van der Waals surface area contributed by atoms with Crippen LogP contribution in [0.4, 0.5) is 0 Å². The maximum Gasteiger partial charge on any atom is 0.184 e. The average Bonchev–Trinajstić information content (AvgIpc) is 2.56. The lowest BCUT2D eigenvalue weighted by Crippen LogP contribution is -2.00. The molecular weight excluding hydrogens is 164 g/mol. The van der Waals surface area contributed by atoms with Crippen molar-refractivity contribution in [3.63, 3.8) is 0 Å². The quantitative estimate of drug-likeness (QED) is 0.657. The molecule has 1 fully saturated rings. The summed E-state index contributed by atoms with van der Waals surface area (Å²) in [7, 11) is 0. The molecule has 1 aromatic rings. The second-order valence-corrected chi connectivity index (χ2v) is 3.43. The third-order valence-corrected chi connectivity index (χ3v) is 2.30. The van der Waals surface area contributed by atoms with E-state index >= 15 is 0 Å². The number of benzene rings is 1. The van der Waals surface area contributed by atoms with Gasteiger partial charge in [-0.3, -0.25) is 0 Å². The van der Waals surface area contributed by atoms with E-state index in [1.165, 1.54) is 11.1 Å². The number of hydrogen-bond donors (Lipinski definition) is 0. The smallest absolute Gasteiger partial charge is 0.184 e. The Morgan fingerprint density at radius 2 is 1.85 bits per heavy atom. The van der Waals surface area contributed by atoms with Crippen LogP contribution in [0.3, 0.4) is 0 Å². The molecule has 1 aliphatic rings. The highest BCUT2D eigenvalue weighted by Crippen LogP contribution is 2.26. The van der Waals surface area contributed by atoms with Gasteiger partial charge in [0.05, 0.1) is 13.2 Å². The van der Waals surface area contributed by atoms with Crippen LogP contribution in [-0.2, 0) is 9.47 Å². The minimum Gasteiger partial charge on any atom is -0.346 e. The molecule has 1 saturated heterocycles. The van der Waals surface area contributed by atoms with Crippen LogP contribution in [0.25, 0.3) is 0 Å². The van der Waals surface area contributed by atoms with Gasteiger partial charge in [0.25, 0.3) is 0 Å². The first-order valence-corrected chi connectivity index (χ1v) is 4.58. The average molecular weight is 178 g/mol. The van der Waals surface area contributed by atoms with Crippen LogP contribution in [0, 0.1) is 13.8 Å². The fourth-order valence-electron chi connectivity index (χ4n) is 1.63. The highest BCUT2D eigenvalue weighted by Gasteiger charge is 2.19. The number of ether oxygens (including phenoxy) is 2. The van der Waals surface area contributed by atoms with Gasteiger partial charge in [-0.1, -0.05) is 23.8 Å². The molecule has 1 aliphatic heterocycles. The Labute approximate surface area is 78.5 Å². The van der Waals surface area contributed by atoms with Crippen molar-refractivity contribution >= 4 is 0 Å². The van der Waals surface area contributed by atoms with Crippen LogP contribution in [0.1, 0.15) is 23.0 Å². The molecule has 0 bridgehead atoms. The van der Waals surface area contributed by atoms with Crippen molar-refractivity contribution < 1.29 is 9.47 Å². The van der Waals surface area contributed by atoms with E-state index in [0.29, 0.717) is 13.2 Å².